The fourth-order valence-corrected chi connectivity index (χ4v) is 0.933. The topological polar surface area (TPSA) is 26.0 Å². The lowest BCUT2D eigenvalue weighted by Crippen LogP contribution is -1.87. The second-order valence-corrected chi connectivity index (χ2v) is 2.64. The predicted molar refractivity (Wildman–Crippen MR) is 66.5 cm³/mol. The van der Waals surface area contributed by atoms with Crippen LogP contribution in [0.2, 0.25) is 0 Å². The van der Waals surface area contributed by atoms with E-state index in [1.165, 1.54) is 18.4 Å². The number of benzene rings is 1. The minimum Gasteiger partial charge on any atom is -0.331 e. The molecule has 0 bridgehead atoms. The van der Waals surface area contributed by atoms with Crippen molar-refractivity contribution < 1.29 is 0 Å². The predicted octanol–water partition coefficient (Wildman–Crippen LogP) is 3.63. The molecule has 0 spiro atoms. The molecule has 0 fully saturated rings. The summed E-state index contributed by atoms with van der Waals surface area (Å²) in [6, 6.07) is 10.6. The Morgan fingerprint density at radius 3 is 1.79 bits per heavy atom. The smallest absolute Gasteiger partial charge is 0.0106 e. The highest BCUT2D eigenvalue weighted by molar-refractivity contribution is 5.14. The van der Waals surface area contributed by atoms with Gasteiger partial charge in [-0.25, -0.2) is 0 Å². The first-order chi connectivity index (χ1) is 6.85. The molecule has 0 saturated carbocycles. The molecule has 0 aliphatic heterocycles. The van der Waals surface area contributed by atoms with E-state index in [0.29, 0.717) is 0 Å². The van der Waals surface area contributed by atoms with Crippen LogP contribution in [0.5, 0.6) is 0 Å². The minimum absolute atomic E-state index is 0.750. The Kier molecular flexibility index (Phi) is 16.4. The Morgan fingerprint density at radius 1 is 1.00 bits per heavy atom. The van der Waals surface area contributed by atoms with Gasteiger partial charge in [0.2, 0.25) is 0 Å². The lowest BCUT2D eigenvalue weighted by molar-refractivity contribution is 0.922. The van der Waals surface area contributed by atoms with Crippen molar-refractivity contribution in [1.29, 1.82) is 0 Å². The van der Waals surface area contributed by atoms with E-state index in [-0.39, 0.29) is 0 Å². The van der Waals surface area contributed by atoms with Crippen molar-refractivity contribution in [1.82, 2.24) is 0 Å². The van der Waals surface area contributed by atoms with Crippen LogP contribution in [0, 0.1) is 0 Å². The van der Waals surface area contributed by atoms with Crippen LogP contribution in [-0.2, 0) is 6.42 Å². The van der Waals surface area contributed by atoms with Crippen LogP contribution in [0.1, 0.15) is 39.7 Å². The second kappa shape index (κ2) is 14.7. The molecule has 1 aromatic rings. The molecule has 0 amide bonds. The molecule has 0 heterocycles. The van der Waals surface area contributed by atoms with Gasteiger partial charge in [0.15, 0.2) is 0 Å². The zero-order valence-corrected chi connectivity index (χ0v) is 10.1. The summed E-state index contributed by atoms with van der Waals surface area (Å²) in [7, 11) is 0. The Labute approximate surface area is 89.3 Å². The minimum atomic E-state index is 0.750. The van der Waals surface area contributed by atoms with E-state index in [4.69, 9.17) is 5.73 Å². The summed E-state index contributed by atoms with van der Waals surface area (Å²) in [6.45, 7) is 8.85. The van der Waals surface area contributed by atoms with Crippen LogP contribution < -0.4 is 5.73 Å². The normalized spacial score (nSPS) is 7.79. The van der Waals surface area contributed by atoms with E-state index in [0.717, 1.165) is 6.54 Å². The molecule has 1 aromatic carbocycles. The molecule has 0 radical (unpaired) electrons. The van der Waals surface area contributed by atoms with Crippen molar-refractivity contribution in [3.05, 3.63) is 35.9 Å². The highest BCUT2D eigenvalue weighted by Crippen LogP contribution is 2.00. The fraction of sp³-hybridized carbons (Fsp3) is 0.538. The number of hydrogen-bond donors (Lipinski definition) is 1. The third-order valence-corrected chi connectivity index (χ3v) is 1.38. The Balaban J connectivity index is 0. The van der Waals surface area contributed by atoms with Crippen LogP contribution in [0.25, 0.3) is 0 Å². The lowest BCUT2D eigenvalue weighted by atomic mass is 10.1. The maximum atomic E-state index is 4.85. The Hall–Kier alpha value is -0.820. The largest absolute Gasteiger partial charge is 0.331 e. The van der Waals surface area contributed by atoms with Gasteiger partial charge in [-0.3, -0.25) is 0 Å². The standard InChI is InChI=1S/C9H12.C2H7N.C2H6/c1-2-6-9-7-4-3-5-8-9;1-2-3;1-2/h3-5,7-8H,2,6H2,1H3;2-3H2,1H3;1-2H3. The van der Waals surface area contributed by atoms with Crippen LogP contribution in [0.4, 0.5) is 0 Å². The number of aryl methyl sites for hydroxylation is 1. The molecular weight excluding hydrogens is 170 g/mol. The summed E-state index contributed by atoms with van der Waals surface area (Å²) in [5.74, 6) is 0. The zero-order valence-electron chi connectivity index (χ0n) is 10.1. The summed E-state index contributed by atoms with van der Waals surface area (Å²) in [6.07, 6.45) is 2.45. The first-order valence-corrected chi connectivity index (χ1v) is 5.59. The van der Waals surface area contributed by atoms with Gasteiger partial charge < -0.3 is 5.73 Å². The van der Waals surface area contributed by atoms with Crippen molar-refractivity contribution in [2.24, 2.45) is 5.73 Å². The highest BCUT2D eigenvalue weighted by atomic mass is 14.5. The SMILES string of the molecule is CC.CCCc1ccccc1.CCN. The molecule has 0 unspecified atom stereocenters. The van der Waals surface area contributed by atoms with Gasteiger partial charge >= 0.3 is 0 Å². The van der Waals surface area contributed by atoms with Gasteiger partial charge in [0, 0.05) is 0 Å². The Morgan fingerprint density at radius 2 is 1.43 bits per heavy atom. The quantitative estimate of drug-likeness (QED) is 0.766. The number of rotatable bonds is 2. The van der Waals surface area contributed by atoms with Crippen molar-refractivity contribution in [2.45, 2.75) is 40.5 Å². The van der Waals surface area contributed by atoms with Crippen LogP contribution >= 0.6 is 0 Å². The Bertz CT molecular complexity index is 170. The van der Waals surface area contributed by atoms with Crippen molar-refractivity contribution in [2.75, 3.05) is 6.54 Å². The van der Waals surface area contributed by atoms with Gasteiger partial charge in [-0.1, -0.05) is 64.4 Å². The molecule has 0 saturated heterocycles. The monoisotopic (exact) mass is 195 g/mol. The molecule has 1 heteroatoms. The fourth-order valence-electron chi connectivity index (χ4n) is 0.933. The van der Waals surface area contributed by atoms with E-state index < -0.39 is 0 Å². The van der Waals surface area contributed by atoms with E-state index in [9.17, 15) is 0 Å². The van der Waals surface area contributed by atoms with Crippen LogP contribution in [-0.4, -0.2) is 6.54 Å². The van der Waals surface area contributed by atoms with E-state index in [2.05, 4.69) is 37.3 Å². The van der Waals surface area contributed by atoms with Crippen LogP contribution in [0.15, 0.2) is 30.3 Å². The third-order valence-electron chi connectivity index (χ3n) is 1.38. The van der Waals surface area contributed by atoms with Gasteiger partial charge in [0.25, 0.3) is 0 Å². The molecule has 0 aromatic heterocycles. The maximum Gasteiger partial charge on any atom is -0.0106 e. The highest BCUT2D eigenvalue weighted by Gasteiger charge is 1.84. The summed E-state index contributed by atoms with van der Waals surface area (Å²) >= 11 is 0. The van der Waals surface area contributed by atoms with Crippen molar-refractivity contribution in [3.63, 3.8) is 0 Å². The third kappa shape index (κ3) is 11.2. The second-order valence-electron chi connectivity index (χ2n) is 2.64. The summed E-state index contributed by atoms with van der Waals surface area (Å²) < 4.78 is 0. The molecule has 2 N–H and O–H groups in total. The maximum absolute atomic E-state index is 4.85. The average molecular weight is 195 g/mol. The molecule has 82 valence electrons. The van der Waals surface area contributed by atoms with Gasteiger partial charge in [-0.15, -0.1) is 0 Å². The molecule has 0 aliphatic rings. The van der Waals surface area contributed by atoms with E-state index in [1.54, 1.807) is 0 Å². The summed E-state index contributed by atoms with van der Waals surface area (Å²) in [4.78, 5) is 0. The lowest BCUT2D eigenvalue weighted by Gasteiger charge is -1.93. The van der Waals surface area contributed by atoms with Gasteiger partial charge in [0.05, 0.1) is 0 Å². The average Bonchev–Trinajstić information content (AvgIpc) is 2.24. The van der Waals surface area contributed by atoms with Crippen molar-refractivity contribution in [3.8, 4) is 0 Å². The van der Waals surface area contributed by atoms with Gasteiger partial charge in [0.1, 0.15) is 0 Å². The van der Waals surface area contributed by atoms with Crippen molar-refractivity contribution >= 4 is 0 Å². The molecule has 0 aliphatic carbocycles. The first-order valence-electron chi connectivity index (χ1n) is 5.59. The number of nitrogens with two attached hydrogens (primary N) is 1. The first kappa shape index (κ1) is 15.6. The summed E-state index contributed by atoms with van der Waals surface area (Å²) in [5, 5.41) is 0. The zero-order chi connectivity index (χ0) is 11.2. The molecule has 14 heavy (non-hydrogen) atoms. The summed E-state index contributed by atoms with van der Waals surface area (Å²) in [5.41, 5.74) is 6.29. The molecule has 1 nitrogen and oxygen atoms in total. The van der Waals surface area contributed by atoms with Gasteiger partial charge in [-0.05, 0) is 18.5 Å². The van der Waals surface area contributed by atoms with E-state index in [1.807, 2.05) is 20.8 Å². The molecule has 0 atom stereocenters. The van der Waals surface area contributed by atoms with Crippen LogP contribution in [0.3, 0.4) is 0 Å². The van der Waals surface area contributed by atoms with Gasteiger partial charge in [-0.2, -0.15) is 0 Å². The number of hydrogen-bond acceptors (Lipinski definition) is 1. The van der Waals surface area contributed by atoms with E-state index >= 15 is 0 Å². The molecular formula is C13H25N. The molecule has 1 rings (SSSR count).